The average Bonchev–Trinajstić information content (AvgIpc) is 3.34. The van der Waals surface area contributed by atoms with E-state index in [0.717, 1.165) is 24.3 Å². The number of primary amides is 1. The van der Waals surface area contributed by atoms with Crippen molar-refractivity contribution in [2.75, 3.05) is 32.8 Å². The molecular weight excluding hydrogens is 366 g/mol. The Labute approximate surface area is 163 Å². The monoisotopic (exact) mass is 393 g/mol. The Morgan fingerprint density at radius 3 is 2.59 bits per heavy atom. The Bertz CT molecular complexity index is 697. The quantitative estimate of drug-likeness (QED) is 0.797. The summed E-state index contributed by atoms with van der Waals surface area (Å²) in [5.41, 5.74) is 5.36. The SMILES string of the molecule is CCOCC(=O)N1CCCC1c1ccc(C(=O)N2CCC(C(N)=O)CC2)s1. The van der Waals surface area contributed by atoms with E-state index >= 15 is 0 Å². The first-order chi connectivity index (χ1) is 13.0. The van der Waals surface area contributed by atoms with Gasteiger partial charge in [0, 0.05) is 37.0 Å². The number of carbonyl (C=O) groups excluding carboxylic acids is 3. The average molecular weight is 394 g/mol. The maximum atomic E-state index is 12.8. The van der Waals surface area contributed by atoms with E-state index < -0.39 is 0 Å². The van der Waals surface area contributed by atoms with Crippen molar-refractivity contribution in [2.45, 2.75) is 38.6 Å². The van der Waals surface area contributed by atoms with Crippen LogP contribution in [0.4, 0.5) is 0 Å². The molecule has 2 aliphatic rings. The lowest BCUT2D eigenvalue weighted by Crippen LogP contribution is -2.41. The Balaban J connectivity index is 1.63. The predicted octanol–water partition coefficient (Wildman–Crippen LogP) is 1.79. The Morgan fingerprint density at radius 1 is 1.19 bits per heavy atom. The number of piperidine rings is 1. The van der Waals surface area contributed by atoms with Crippen LogP contribution >= 0.6 is 11.3 Å². The van der Waals surface area contributed by atoms with E-state index in [1.807, 2.05) is 24.0 Å². The van der Waals surface area contributed by atoms with Gasteiger partial charge in [0.15, 0.2) is 0 Å². The summed E-state index contributed by atoms with van der Waals surface area (Å²) in [5, 5.41) is 0. The normalized spacial score (nSPS) is 20.9. The summed E-state index contributed by atoms with van der Waals surface area (Å²) in [4.78, 5) is 41.8. The van der Waals surface area contributed by atoms with Crippen molar-refractivity contribution in [3.63, 3.8) is 0 Å². The van der Waals surface area contributed by atoms with Crippen LogP contribution in [0, 0.1) is 5.92 Å². The Hall–Kier alpha value is -1.93. The summed E-state index contributed by atoms with van der Waals surface area (Å²) >= 11 is 1.47. The van der Waals surface area contributed by atoms with Crippen LogP contribution in [0.3, 0.4) is 0 Å². The molecule has 1 atom stereocenters. The molecule has 7 nitrogen and oxygen atoms in total. The van der Waals surface area contributed by atoms with E-state index in [4.69, 9.17) is 10.5 Å². The zero-order chi connectivity index (χ0) is 19.4. The molecule has 0 radical (unpaired) electrons. The van der Waals surface area contributed by atoms with Gasteiger partial charge in [-0.05, 0) is 44.7 Å². The van der Waals surface area contributed by atoms with Crippen molar-refractivity contribution in [1.29, 1.82) is 0 Å². The molecule has 1 aromatic rings. The molecule has 0 bridgehead atoms. The van der Waals surface area contributed by atoms with Crippen LogP contribution in [-0.2, 0) is 14.3 Å². The van der Waals surface area contributed by atoms with E-state index in [9.17, 15) is 14.4 Å². The molecule has 2 aliphatic heterocycles. The van der Waals surface area contributed by atoms with Crippen LogP contribution in [0.25, 0.3) is 0 Å². The van der Waals surface area contributed by atoms with Crippen molar-refractivity contribution < 1.29 is 19.1 Å². The minimum absolute atomic E-state index is 0.000592. The molecule has 0 aromatic carbocycles. The van der Waals surface area contributed by atoms with Crippen molar-refractivity contribution in [3.05, 3.63) is 21.9 Å². The molecule has 2 fully saturated rings. The van der Waals surface area contributed by atoms with Crippen LogP contribution in [0.1, 0.15) is 53.2 Å². The third-order valence-corrected chi connectivity index (χ3v) is 6.53. The molecule has 3 heterocycles. The predicted molar refractivity (Wildman–Crippen MR) is 102 cm³/mol. The lowest BCUT2D eigenvalue weighted by atomic mass is 9.96. The molecule has 3 rings (SSSR count). The van der Waals surface area contributed by atoms with E-state index in [1.165, 1.54) is 11.3 Å². The highest BCUT2D eigenvalue weighted by Gasteiger charge is 2.32. The van der Waals surface area contributed by atoms with E-state index in [-0.39, 0.29) is 36.3 Å². The number of hydrogen-bond acceptors (Lipinski definition) is 5. The summed E-state index contributed by atoms with van der Waals surface area (Å²) in [5.74, 6) is -0.400. The Kier molecular flexibility index (Phi) is 6.49. The topological polar surface area (TPSA) is 92.9 Å². The van der Waals surface area contributed by atoms with Crippen molar-refractivity contribution >= 4 is 29.1 Å². The van der Waals surface area contributed by atoms with Gasteiger partial charge in [0.05, 0.1) is 10.9 Å². The molecule has 1 unspecified atom stereocenters. The van der Waals surface area contributed by atoms with Crippen LogP contribution in [0.2, 0.25) is 0 Å². The molecule has 2 saturated heterocycles. The fourth-order valence-electron chi connectivity index (χ4n) is 3.80. The minimum atomic E-state index is -0.279. The largest absolute Gasteiger partial charge is 0.372 e. The number of ether oxygens (including phenoxy) is 1. The summed E-state index contributed by atoms with van der Waals surface area (Å²) in [6, 6.07) is 3.85. The van der Waals surface area contributed by atoms with Gasteiger partial charge in [0.2, 0.25) is 11.8 Å². The highest BCUT2D eigenvalue weighted by molar-refractivity contribution is 7.14. The van der Waals surface area contributed by atoms with Gasteiger partial charge in [0.25, 0.3) is 5.91 Å². The smallest absolute Gasteiger partial charge is 0.263 e. The summed E-state index contributed by atoms with van der Waals surface area (Å²) < 4.78 is 5.26. The summed E-state index contributed by atoms with van der Waals surface area (Å²) in [6.07, 6.45) is 3.13. The highest BCUT2D eigenvalue weighted by atomic mass is 32.1. The number of amides is 3. The number of carbonyl (C=O) groups is 3. The van der Waals surface area contributed by atoms with Crippen LogP contribution in [-0.4, -0.2) is 60.4 Å². The van der Waals surface area contributed by atoms with Gasteiger partial charge in [-0.15, -0.1) is 11.3 Å². The number of thiophene rings is 1. The second kappa shape index (κ2) is 8.84. The number of nitrogens with zero attached hydrogens (tertiary/aromatic N) is 2. The third kappa shape index (κ3) is 4.50. The lowest BCUT2D eigenvalue weighted by molar-refractivity contribution is -0.136. The van der Waals surface area contributed by atoms with Crippen LogP contribution in [0.5, 0.6) is 0 Å². The molecule has 27 heavy (non-hydrogen) atoms. The standard InChI is InChI=1S/C19H27N3O4S/c1-2-26-12-17(23)22-9-3-4-14(22)15-5-6-16(27-15)19(25)21-10-7-13(8-11-21)18(20)24/h5-6,13-14H,2-4,7-12H2,1H3,(H2,20,24). The van der Waals surface area contributed by atoms with Crippen LogP contribution in [0.15, 0.2) is 12.1 Å². The number of likely N-dealkylation sites (tertiary alicyclic amines) is 2. The zero-order valence-electron chi connectivity index (χ0n) is 15.7. The molecular formula is C19H27N3O4S. The van der Waals surface area contributed by atoms with Gasteiger partial charge in [-0.2, -0.15) is 0 Å². The fourth-order valence-corrected chi connectivity index (χ4v) is 4.93. The molecule has 3 amide bonds. The van der Waals surface area contributed by atoms with Crippen LogP contribution < -0.4 is 5.73 Å². The van der Waals surface area contributed by atoms with E-state index in [1.54, 1.807) is 4.90 Å². The minimum Gasteiger partial charge on any atom is -0.372 e. The molecule has 0 spiro atoms. The zero-order valence-corrected chi connectivity index (χ0v) is 16.5. The fraction of sp³-hybridized carbons (Fsp3) is 0.632. The molecule has 1 aromatic heterocycles. The number of hydrogen-bond donors (Lipinski definition) is 1. The molecule has 148 valence electrons. The molecule has 0 aliphatic carbocycles. The van der Waals surface area contributed by atoms with E-state index in [2.05, 4.69) is 0 Å². The highest BCUT2D eigenvalue weighted by Crippen LogP contribution is 2.36. The molecule has 8 heteroatoms. The van der Waals surface area contributed by atoms with Crippen molar-refractivity contribution in [1.82, 2.24) is 9.80 Å². The Morgan fingerprint density at radius 2 is 1.93 bits per heavy atom. The summed E-state index contributed by atoms with van der Waals surface area (Å²) in [7, 11) is 0. The lowest BCUT2D eigenvalue weighted by Gasteiger charge is -2.30. The van der Waals surface area contributed by atoms with Gasteiger partial charge in [-0.1, -0.05) is 0 Å². The number of rotatable bonds is 6. The number of nitrogens with two attached hydrogens (primary N) is 1. The van der Waals surface area contributed by atoms with Crippen molar-refractivity contribution in [2.24, 2.45) is 11.7 Å². The van der Waals surface area contributed by atoms with Crippen molar-refractivity contribution in [3.8, 4) is 0 Å². The molecule has 0 saturated carbocycles. The first-order valence-corrected chi connectivity index (χ1v) is 10.4. The molecule has 2 N–H and O–H groups in total. The first kappa shape index (κ1) is 19.8. The van der Waals surface area contributed by atoms with Gasteiger partial charge in [-0.3, -0.25) is 14.4 Å². The second-order valence-corrected chi connectivity index (χ2v) is 8.17. The van der Waals surface area contributed by atoms with Gasteiger partial charge < -0.3 is 20.3 Å². The third-order valence-electron chi connectivity index (χ3n) is 5.35. The van der Waals surface area contributed by atoms with Gasteiger partial charge in [-0.25, -0.2) is 0 Å². The maximum Gasteiger partial charge on any atom is 0.263 e. The van der Waals surface area contributed by atoms with Gasteiger partial charge in [0.1, 0.15) is 6.61 Å². The maximum absolute atomic E-state index is 12.8. The summed E-state index contributed by atoms with van der Waals surface area (Å²) in [6.45, 7) is 4.36. The van der Waals surface area contributed by atoms with E-state index in [0.29, 0.717) is 37.4 Å². The van der Waals surface area contributed by atoms with Gasteiger partial charge >= 0.3 is 0 Å². The second-order valence-electron chi connectivity index (χ2n) is 7.05. The first-order valence-electron chi connectivity index (χ1n) is 9.56.